The van der Waals surface area contributed by atoms with E-state index in [0.717, 1.165) is 0 Å². The van der Waals surface area contributed by atoms with Crippen LogP contribution in [-0.4, -0.2) is 21.0 Å². The molecule has 0 aliphatic heterocycles. The molecule has 0 spiro atoms. The summed E-state index contributed by atoms with van der Waals surface area (Å²) in [4.78, 5) is 2.69. The maximum atomic E-state index is 10.2. The number of hydroxylamine groups is 2. The lowest BCUT2D eigenvalue weighted by atomic mass is 9.98. The lowest BCUT2D eigenvalue weighted by molar-refractivity contribution is -1.17. The molecule has 0 saturated carbocycles. The lowest BCUT2D eigenvalue weighted by Gasteiger charge is -2.43. The van der Waals surface area contributed by atoms with Gasteiger partial charge in [-0.15, -0.1) is 0 Å². The lowest BCUT2D eigenvalue weighted by Crippen LogP contribution is -2.63. The third-order valence-electron chi connectivity index (χ3n) is 2.04. The number of hydrogen-bond donors (Lipinski definition) is 1. The van der Waals surface area contributed by atoms with Crippen LogP contribution in [0.25, 0.3) is 10.4 Å². The smallest absolute Gasteiger partial charge is 0.150 e. The number of quaternary nitrogens is 1. The minimum absolute atomic E-state index is 0.537. The second kappa shape index (κ2) is 3.18. The van der Waals surface area contributed by atoms with Crippen LogP contribution in [0, 0.1) is 0 Å². The van der Waals surface area contributed by atoms with Crippen molar-refractivity contribution >= 4 is 0 Å². The van der Waals surface area contributed by atoms with E-state index in [4.69, 9.17) is 5.53 Å². The van der Waals surface area contributed by atoms with Gasteiger partial charge in [-0.25, -0.2) is 0 Å². The molecule has 0 aromatic rings. The van der Waals surface area contributed by atoms with Gasteiger partial charge in [0.05, 0.1) is 4.91 Å². The molecule has 5 nitrogen and oxygen atoms in total. The summed E-state index contributed by atoms with van der Waals surface area (Å²) < 4.78 is -0.656. The topological polar surface area (TPSA) is 69.0 Å². The van der Waals surface area contributed by atoms with Gasteiger partial charge in [0.2, 0.25) is 0 Å². The highest BCUT2D eigenvalue weighted by Gasteiger charge is 2.50. The van der Waals surface area contributed by atoms with E-state index in [1.807, 2.05) is 41.5 Å². The van der Waals surface area contributed by atoms with Crippen molar-refractivity contribution in [2.45, 2.75) is 52.6 Å². The molecule has 0 aliphatic carbocycles. The summed E-state index contributed by atoms with van der Waals surface area (Å²) in [5.74, 6) is 0. The molecule has 5 heteroatoms. The Balaban J connectivity index is 5.33. The van der Waals surface area contributed by atoms with Gasteiger partial charge in [-0.2, -0.15) is 5.21 Å². The van der Waals surface area contributed by atoms with Crippen molar-refractivity contribution in [3.05, 3.63) is 10.4 Å². The first-order valence-corrected chi connectivity index (χ1v) is 4.25. The monoisotopic (exact) mass is 187 g/mol. The first-order valence-electron chi connectivity index (χ1n) is 4.25. The molecule has 0 radical (unpaired) electrons. The molecule has 0 atom stereocenters. The molecule has 0 heterocycles. The molecule has 0 unspecified atom stereocenters. The van der Waals surface area contributed by atoms with Crippen LogP contribution in [0.15, 0.2) is 5.22 Å². The minimum atomic E-state index is -0.656. The summed E-state index contributed by atoms with van der Waals surface area (Å²) in [6, 6.07) is 0. The van der Waals surface area contributed by atoms with E-state index in [2.05, 4.69) is 10.1 Å². The summed E-state index contributed by atoms with van der Waals surface area (Å²) in [5.41, 5.74) is 7.34. The largest absolute Gasteiger partial charge is 0.200 e. The molecule has 0 rings (SSSR count). The minimum Gasteiger partial charge on any atom is -0.200 e. The number of azide groups is 1. The van der Waals surface area contributed by atoms with E-state index in [1.54, 1.807) is 0 Å². The first-order chi connectivity index (χ1) is 5.56. The van der Waals surface area contributed by atoms with Gasteiger partial charge in [0, 0.05) is 5.53 Å². The van der Waals surface area contributed by atoms with Crippen molar-refractivity contribution in [1.82, 2.24) is 0 Å². The number of nitrogens with zero attached hydrogens (tertiary/aromatic N) is 4. The predicted octanol–water partition coefficient (Wildman–Crippen LogP) is 3.01. The van der Waals surface area contributed by atoms with E-state index in [0.29, 0.717) is 0 Å². The van der Waals surface area contributed by atoms with E-state index >= 15 is 0 Å². The standard InChI is InChI=1S/C8H19N4O/c1-7(2,3)12(13,11-10-9)8(4,5)6/h13H,1-6H3/q+1. The number of rotatable bonds is 1. The van der Waals surface area contributed by atoms with Crippen molar-refractivity contribution in [1.29, 1.82) is 0 Å². The Morgan fingerprint density at radius 2 is 1.38 bits per heavy atom. The molecular formula is C8H19N4O+. The molecule has 0 saturated heterocycles. The molecular weight excluding hydrogens is 168 g/mol. The summed E-state index contributed by atoms with van der Waals surface area (Å²) in [5, 5.41) is 13.7. The zero-order valence-electron chi connectivity index (χ0n) is 9.24. The van der Waals surface area contributed by atoms with Crippen molar-refractivity contribution < 1.29 is 9.96 Å². The zero-order chi connectivity index (χ0) is 10.9. The molecule has 0 bridgehead atoms. The van der Waals surface area contributed by atoms with Crippen molar-refractivity contribution in [3.8, 4) is 0 Å². The van der Waals surface area contributed by atoms with E-state index in [9.17, 15) is 5.21 Å². The number of hydrogen-bond acceptors (Lipinski definition) is 2. The first kappa shape index (κ1) is 12.2. The van der Waals surface area contributed by atoms with Gasteiger partial charge in [0.1, 0.15) is 11.1 Å². The van der Waals surface area contributed by atoms with Gasteiger partial charge < -0.3 is 0 Å². The second-order valence-electron chi connectivity index (χ2n) is 5.12. The molecule has 13 heavy (non-hydrogen) atoms. The summed E-state index contributed by atoms with van der Waals surface area (Å²) in [6.07, 6.45) is 0. The van der Waals surface area contributed by atoms with Crippen LogP contribution >= 0.6 is 0 Å². The average Bonchev–Trinajstić information content (AvgIpc) is 1.82. The van der Waals surface area contributed by atoms with E-state index in [-0.39, 0.29) is 0 Å². The summed E-state index contributed by atoms with van der Waals surface area (Å²) >= 11 is 0. The van der Waals surface area contributed by atoms with Crippen molar-refractivity contribution in [2.75, 3.05) is 0 Å². The fourth-order valence-corrected chi connectivity index (χ4v) is 1.33. The normalized spacial score (nSPS) is 13.8. The molecule has 1 N–H and O–H groups in total. The van der Waals surface area contributed by atoms with Crippen LogP contribution in [0.5, 0.6) is 0 Å². The molecule has 76 valence electrons. The third-order valence-corrected chi connectivity index (χ3v) is 2.04. The van der Waals surface area contributed by atoms with Crippen LogP contribution in [-0.2, 0) is 0 Å². The fourth-order valence-electron chi connectivity index (χ4n) is 1.33. The summed E-state index contributed by atoms with van der Waals surface area (Å²) in [7, 11) is 0. The zero-order valence-corrected chi connectivity index (χ0v) is 9.24. The third kappa shape index (κ3) is 2.12. The molecule has 0 aliphatic rings. The molecule has 0 amide bonds. The van der Waals surface area contributed by atoms with E-state index < -0.39 is 15.8 Å². The van der Waals surface area contributed by atoms with Gasteiger partial charge in [-0.1, -0.05) is 4.76 Å². The second-order valence-corrected chi connectivity index (χ2v) is 5.12. The quantitative estimate of drug-likeness (QED) is 0.221. The SMILES string of the molecule is CC(C)(C)[N+](O)(N=[N+]=[N-])C(C)(C)C. The molecule has 0 aromatic carbocycles. The van der Waals surface area contributed by atoms with Gasteiger partial charge in [-0.3, -0.25) is 0 Å². The van der Waals surface area contributed by atoms with Gasteiger partial charge in [0.25, 0.3) is 0 Å². The van der Waals surface area contributed by atoms with Crippen LogP contribution in [0.2, 0.25) is 0 Å². The van der Waals surface area contributed by atoms with Crippen LogP contribution in [0.3, 0.4) is 0 Å². The predicted molar refractivity (Wildman–Crippen MR) is 50.7 cm³/mol. The van der Waals surface area contributed by atoms with Crippen molar-refractivity contribution in [2.24, 2.45) is 5.22 Å². The molecule has 0 fully saturated rings. The van der Waals surface area contributed by atoms with Gasteiger partial charge in [0.15, 0.2) is 5.22 Å². The maximum absolute atomic E-state index is 10.2. The van der Waals surface area contributed by atoms with Crippen LogP contribution in [0.4, 0.5) is 0 Å². The highest BCUT2D eigenvalue weighted by atomic mass is 16.6. The Morgan fingerprint density at radius 3 is 1.46 bits per heavy atom. The maximum Gasteiger partial charge on any atom is 0.150 e. The Hall–Kier alpha value is -0.770. The highest BCUT2D eigenvalue weighted by molar-refractivity contribution is 4.68. The van der Waals surface area contributed by atoms with E-state index in [1.165, 1.54) is 0 Å². The summed E-state index contributed by atoms with van der Waals surface area (Å²) in [6.45, 7) is 11.0. The Morgan fingerprint density at radius 1 is 1.08 bits per heavy atom. The fraction of sp³-hybridized carbons (Fsp3) is 1.00. The Bertz CT molecular complexity index is 216. The Labute approximate surface area is 79.1 Å². The molecule has 0 aromatic heterocycles. The highest BCUT2D eigenvalue weighted by Crippen LogP contribution is 2.33. The van der Waals surface area contributed by atoms with Crippen molar-refractivity contribution in [3.63, 3.8) is 0 Å². The van der Waals surface area contributed by atoms with Gasteiger partial charge in [-0.05, 0) is 41.5 Å². The Kier molecular flexibility index (Phi) is 2.99. The van der Waals surface area contributed by atoms with Gasteiger partial charge >= 0.3 is 0 Å². The average molecular weight is 187 g/mol. The van der Waals surface area contributed by atoms with Crippen LogP contribution < -0.4 is 0 Å². The van der Waals surface area contributed by atoms with Crippen LogP contribution in [0.1, 0.15) is 41.5 Å².